The Morgan fingerprint density at radius 1 is 0.854 bits per heavy atom. The second-order valence-electron chi connectivity index (χ2n) is 8.77. The minimum Gasteiger partial charge on any atom is -0.490 e. The van der Waals surface area contributed by atoms with Gasteiger partial charge >= 0.3 is 5.97 Å². The van der Waals surface area contributed by atoms with Crippen molar-refractivity contribution in [3.05, 3.63) is 130 Å². The van der Waals surface area contributed by atoms with Gasteiger partial charge in [0.05, 0.1) is 35.9 Å². The first-order valence-corrected chi connectivity index (χ1v) is 13.3. The Bertz CT molecular complexity index is 1490. The number of carbonyl (C=O) groups is 3. The fourth-order valence-corrected chi connectivity index (χ4v) is 4.23. The van der Waals surface area contributed by atoms with Crippen molar-refractivity contribution >= 4 is 35.6 Å². The van der Waals surface area contributed by atoms with E-state index in [2.05, 4.69) is 15.8 Å². The highest BCUT2D eigenvalue weighted by Gasteiger charge is 2.23. The van der Waals surface area contributed by atoms with Gasteiger partial charge < -0.3 is 14.8 Å². The Morgan fingerprint density at radius 3 is 2.12 bits per heavy atom. The fourth-order valence-electron chi connectivity index (χ4n) is 4.01. The van der Waals surface area contributed by atoms with E-state index in [1.807, 2.05) is 60.7 Å². The second kappa shape index (κ2) is 14.4. The smallest absolute Gasteiger partial charge is 0.345 e. The van der Waals surface area contributed by atoms with E-state index in [0.29, 0.717) is 17.9 Å². The number of nitrogens with zero attached hydrogens (tertiary/aromatic N) is 1. The molecule has 0 aliphatic heterocycles. The van der Waals surface area contributed by atoms with E-state index >= 15 is 0 Å². The second-order valence-corrected chi connectivity index (χ2v) is 9.18. The number of amides is 2. The number of ether oxygens (including phenoxy) is 2. The largest absolute Gasteiger partial charge is 0.490 e. The van der Waals surface area contributed by atoms with Crippen molar-refractivity contribution < 1.29 is 23.9 Å². The third-order valence-electron chi connectivity index (χ3n) is 5.92. The first-order valence-electron chi connectivity index (χ1n) is 12.9. The zero-order valence-electron chi connectivity index (χ0n) is 22.3. The summed E-state index contributed by atoms with van der Waals surface area (Å²) in [6.45, 7) is 1.88. The summed E-state index contributed by atoms with van der Waals surface area (Å²) in [6.07, 6.45) is 1.42. The highest BCUT2D eigenvalue weighted by molar-refractivity contribution is 6.33. The van der Waals surface area contributed by atoms with E-state index < -0.39 is 17.8 Å². The molecular weight excluding hydrogens is 542 g/mol. The summed E-state index contributed by atoms with van der Waals surface area (Å²) >= 11 is 6.10. The van der Waals surface area contributed by atoms with E-state index in [-0.39, 0.29) is 28.8 Å². The zero-order chi connectivity index (χ0) is 29.0. The lowest BCUT2D eigenvalue weighted by Crippen LogP contribution is -2.37. The third kappa shape index (κ3) is 8.03. The van der Waals surface area contributed by atoms with Crippen molar-refractivity contribution in [1.29, 1.82) is 0 Å². The van der Waals surface area contributed by atoms with Gasteiger partial charge in [0.1, 0.15) is 0 Å². The quantitative estimate of drug-likeness (QED) is 0.109. The molecule has 0 bridgehead atoms. The molecule has 0 fully saturated rings. The summed E-state index contributed by atoms with van der Waals surface area (Å²) in [6, 6.07) is 30.2. The molecule has 2 N–H and O–H groups in total. The van der Waals surface area contributed by atoms with Crippen molar-refractivity contribution in [3.63, 3.8) is 0 Å². The summed E-state index contributed by atoms with van der Waals surface area (Å²) in [5.74, 6) is -1.43. The molecule has 41 heavy (non-hydrogen) atoms. The number of esters is 1. The summed E-state index contributed by atoms with van der Waals surface area (Å²) in [5, 5.41) is 6.95. The molecule has 0 heterocycles. The van der Waals surface area contributed by atoms with Crippen LogP contribution in [0.4, 0.5) is 0 Å². The molecule has 0 unspecified atom stereocenters. The Balaban J connectivity index is 1.36. The number of nitrogens with one attached hydrogen (secondary N) is 2. The molecule has 4 aromatic carbocycles. The summed E-state index contributed by atoms with van der Waals surface area (Å²) < 4.78 is 11.1. The maximum atomic E-state index is 13.1. The molecule has 4 aromatic rings. The van der Waals surface area contributed by atoms with Crippen molar-refractivity contribution in [1.82, 2.24) is 10.7 Å². The normalized spacial score (nSPS) is 10.8. The lowest BCUT2D eigenvalue weighted by Gasteiger charge is -2.17. The average Bonchev–Trinajstić information content (AvgIpc) is 2.99. The molecule has 4 rings (SSSR count). The van der Waals surface area contributed by atoms with Gasteiger partial charge in [0.2, 0.25) is 5.91 Å². The van der Waals surface area contributed by atoms with Crippen molar-refractivity contribution in [2.75, 3.05) is 13.2 Å². The van der Waals surface area contributed by atoms with Crippen LogP contribution in [0, 0.1) is 0 Å². The van der Waals surface area contributed by atoms with Gasteiger partial charge in [-0.2, -0.15) is 5.10 Å². The molecule has 0 aliphatic carbocycles. The van der Waals surface area contributed by atoms with Crippen LogP contribution in [0.5, 0.6) is 11.5 Å². The maximum absolute atomic E-state index is 13.1. The van der Waals surface area contributed by atoms with E-state index in [9.17, 15) is 14.4 Å². The molecule has 0 aliphatic rings. The number of halogens is 1. The number of hydrogen-bond donors (Lipinski definition) is 2. The van der Waals surface area contributed by atoms with Gasteiger partial charge in [-0.15, -0.1) is 0 Å². The summed E-state index contributed by atoms with van der Waals surface area (Å²) in [5.41, 5.74) is 4.87. The van der Waals surface area contributed by atoms with Gasteiger partial charge in [0.25, 0.3) is 5.91 Å². The zero-order valence-corrected chi connectivity index (χ0v) is 23.0. The number of hydrazone groups is 1. The van der Waals surface area contributed by atoms with Gasteiger partial charge in [0.15, 0.2) is 11.5 Å². The minimum atomic E-state index is -0.617. The lowest BCUT2D eigenvalue weighted by molar-refractivity contribution is -0.126. The summed E-state index contributed by atoms with van der Waals surface area (Å²) in [4.78, 5) is 38.1. The standard InChI is InChI=1S/C32H28ClN3O5/c1-2-40-28-19-22(17-18-27(28)41-32(39)25-15-9-10-16-26(25)33)20-35-36-29(37)21-34-31(38)30(23-11-5-3-6-12-23)24-13-7-4-8-14-24/h3-20,30H,2,21H2,1H3,(H,34,38)(H,36,37)/b35-20-. The number of rotatable bonds is 11. The van der Waals surface area contributed by atoms with E-state index in [1.165, 1.54) is 6.21 Å². The van der Waals surface area contributed by atoms with Crippen LogP contribution in [-0.2, 0) is 9.59 Å². The first kappa shape index (κ1) is 29.0. The highest BCUT2D eigenvalue weighted by atomic mass is 35.5. The van der Waals surface area contributed by atoms with Crippen LogP contribution < -0.4 is 20.2 Å². The van der Waals surface area contributed by atoms with E-state index in [1.54, 1.807) is 49.4 Å². The van der Waals surface area contributed by atoms with Gasteiger partial charge in [0, 0.05) is 0 Å². The monoisotopic (exact) mass is 569 g/mol. The third-order valence-corrected chi connectivity index (χ3v) is 6.25. The van der Waals surface area contributed by atoms with Crippen molar-refractivity contribution in [3.8, 4) is 11.5 Å². The molecule has 0 spiro atoms. The van der Waals surface area contributed by atoms with E-state index in [4.69, 9.17) is 21.1 Å². The predicted molar refractivity (Wildman–Crippen MR) is 157 cm³/mol. The molecule has 0 radical (unpaired) electrons. The first-order chi connectivity index (χ1) is 20.0. The van der Waals surface area contributed by atoms with Gasteiger partial charge in [-0.3, -0.25) is 9.59 Å². The Hall–Kier alpha value is -4.95. The topological polar surface area (TPSA) is 106 Å². The Labute approximate surface area is 243 Å². The van der Waals surface area contributed by atoms with Crippen LogP contribution in [0.25, 0.3) is 0 Å². The molecule has 0 saturated carbocycles. The number of benzene rings is 4. The molecule has 9 heteroatoms. The molecule has 208 valence electrons. The van der Waals surface area contributed by atoms with Gasteiger partial charge in [-0.25, -0.2) is 10.2 Å². The average molecular weight is 570 g/mol. The fraction of sp³-hybridized carbons (Fsp3) is 0.125. The van der Waals surface area contributed by atoms with Gasteiger partial charge in [-0.1, -0.05) is 84.4 Å². The van der Waals surface area contributed by atoms with Crippen LogP contribution >= 0.6 is 11.6 Å². The number of hydrogen-bond acceptors (Lipinski definition) is 6. The Kier molecular flexibility index (Phi) is 10.2. The van der Waals surface area contributed by atoms with Crippen LogP contribution in [0.15, 0.2) is 108 Å². The van der Waals surface area contributed by atoms with Crippen LogP contribution in [0.3, 0.4) is 0 Å². The lowest BCUT2D eigenvalue weighted by atomic mass is 9.90. The Morgan fingerprint density at radius 2 is 1.49 bits per heavy atom. The molecule has 0 aromatic heterocycles. The van der Waals surface area contributed by atoms with Crippen molar-refractivity contribution in [2.24, 2.45) is 5.10 Å². The van der Waals surface area contributed by atoms with E-state index in [0.717, 1.165) is 11.1 Å². The summed E-state index contributed by atoms with van der Waals surface area (Å²) in [7, 11) is 0. The van der Waals surface area contributed by atoms with Gasteiger partial charge in [-0.05, 0) is 53.9 Å². The minimum absolute atomic E-state index is 0.215. The SMILES string of the molecule is CCOc1cc(/C=N\NC(=O)CNC(=O)C(c2ccccc2)c2ccccc2)ccc1OC(=O)c1ccccc1Cl. The molecule has 0 atom stereocenters. The number of carbonyl (C=O) groups excluding carboxylic acids is 3. The van der Waals surface area contributed by atoms with Crippen LogP contribution in [0.2, 0.25) is 5.02 Å². The molecule has 0 saturated heterocycles. The molecular formula is C32H28ClN3O5. The molecule has 2 amide bonds. The highest BCUT2D eigenvalue weighted by Crippen LogP contribution is 2.30. The van der Waals surface area contributed by atoms with Crippen LogP contribution in [-0.4, -0.2) is 37.1 Å². The maximum Gasteiger partial charge on any atom is 0.345 e. The van der Waals surface area contributed by atoms with Crippen LogP contribution in [0.1, 0.15) is 39.9 Å². The molecule has 8 nitrogen and oxygen atoms in total. The van der Waals surface area contributed by atoms with Crippen molar-refractivity contribution in [2.45, 2.75) is 12.8 Å². The predicted octanol–water partition coefficient (Wildman–Crippen LogP) is 5.36.